The van der Waals surface area contributed by atoms with Gasteiger partial charge in [-0.05, 0) is 251 Å². The molecule has 0 bridgehead atoms. The number of hydrogen-bond acceptors (Lipinski definition) is 22. The van der Waals surface area contributed by atoms with Gasteiger partial charge in [-0.25, -0.2) is 20.4 Å². The molecule has 6 fully saturated rings. The number of benzene rings is 9. The van der Waals surface area contributed by atoms with E-state index in [-0.39, 0.29) is 103 Å². The minimum absolute atomic E-state index is 0. The Labute approximate surface area is 897 Å². The third-order valence-electron chi connectivity index (χ3n) is 30.3. The van der Waals surface area contributed by atoms with Crippen LogP contribution in [-0.4, -0.2) is 196 Å². The number of aliphatic hydroxyl groups excluding tert-OH is 1. The van der Waals surface area contributed by atoms with Crippen molar-refractivity contribution < 1.29 is 79.7 Å². The fourth-order valence-electron chi connectivity index (χ4n) is 23.3. The molecule has 0 radical (unpaired) electrons. The molecule has 4 aliphatic carbocycles. The summed E-state index contributed by atoms with van der Waals surface area (Å²) in [5, 5.41) is 62.4. The maximum Gasteiger partial charge on any atom is 0.410 e. The normalized spacial score (nSPS) is 18.6. The second kappa shape index (κ2) is 58.7. The van der Waals surface area contributed by atoms with Gasteiger partial charge < -0.3 is 50.7 Å². The number of nitro groups is 1. The molecule has 21 rings (SSSR count). The van der Waals surface area contributed by atoms with Gasteiger partial charge in [-0.3, -0.25) is 39.7 Å². The molecule has 8 heterocycles. The maximum atomic E-state index is 12.3. The number of carbonyl (C=O) groups excluding carboxylic acids is 4. The Kier molecular flexibility index (Phi) is 49.4. The van der Waals surface area contributed by atoms with E-state index in [2.05, 4.69) is 223 Å². The van der Waals surface area contributed by atoms with Crippen LogP contribution in [-0.2, 0) is 86.9 Å². The van der Waals surface area contributed by atoms with Crippen molar-refractivity contribution in [2.75, 3.05) is 121 Å². The molecule has 12 aliphatic rings. The summed E-state index contributed by atoms with van der Waals surface area (Å²) in [6.07, 6.45) is 22.8. The van der Waals surface area contributed by atoms with E-state index in [1.807, 2.05) is 84.0 Å². The van der Waals surface area contributed by atoms with E-state index >= 15 is 0 Å². The van der Waals surface area contributed by atoms with Crippen molar-refractivity contribution in [3.63, 3.8) is 0 Å². The number of nitro benzene ring substituents is 1. The van der Waals surface area contributed by atoms with Crippen LogP contribution in [0.2, 0.25) is 0 Å². The van der Waals surface area contributed by atoms with Gasteiger partial charge in [0.15, 0.2) is 11.6 Å². The Morgan fingerprint density at radius 2 is 0.712 bits per heavy atom. The molecular formula is C117H159Cl3N12O13Pd. The molecule has 0 aromatic heterocycles. The number of piperidine rings is 5. The predicted molar refractivity (Wildman–Crippen MR) is 588 cm³/mol. The SMILES string of the molecule is C.C.CC#N.CC(C)(C)OC(=O)N1CCC2(CC1)CC(=O)c1ccccc12.CC(C)(C)OC(=O)N1CCC2(CCNc3cc([N+](=O)[O-])ccc32)CC1.CO.COO.Cl.ClCCl.NO.O/N=C1/CC2(CCN(Cc3ccccc3)CC2)c2ccccc21.O=C1CC2(CCN(Cc3ccccc3)CC2)c2ccccc21.[Pd].c1ccc(CN2CCC3(CCNc4ccccc43)CC2)cc1.c1ccc2c(c1)NCCC21CCCCC1. The van der Waals surface area contributed by atoms with Crippen LogP contribution in [0.25, 0.3) is 0 Å². The van der Waals surface area contributed by atoms with Crippen LogP contribution in [0.5, 0.6) is 0 Å². The zero-order valence-corrected chi connectivity index (χ0v) is 89.3. The Morgan fingerprint density at radius 3 is 1.05 bits per heavy atom. The van der Waals surface area contributed by atoms with Gasteiger partial charge in [0.2, 0.25) is 0 Å². The molecule has 5 saturated heterocycles. The molecular weight excluding hydrogens is 1990 g/mol. The van der Waals surface area contributed by atoms with E-state index in [0.29, 0.717) is 55.6 Å². The van der Waals surface area contributed by atoms with Crippen LogP contribution >= 0.6 is 35.6 Å². The molecule has 1 saturated carbocycles. The number of para-hydroxylation sites is 2. The zero-order chi connectivity index (χ0) is 102. The Hall–Kier alpha value is -10.2. The van der Waals surface area contributed by atoms with Gasteiger partial charge in [0.1, 0.15) is 11.2 Å². The molecule has 9 aromatic carbocycles. The van der Waals surface area contributed by atoms with Crippen molar-refractivity contribution in [1.29, 1.82) is 5.26 Å². The van der Waals surface area contributed by atoms with Gasteiger partial charge in [0.05, 0.1) is 29.2 Å². The van der Waals surface area contributed by atoms with Crippen molar-refractivity contribution >= 4 is 87.8 Å². The number of halogens is 3. The van der Waals surface area contributed by atoms with E-state index in [4.69, 9.17) is 53.5 Å². The molecule has 8 aliphatic heterocycles. The number of nitrogens with two attached hydrogens (primary N) is 1. The van der Waals surface area contributed by atoms with E-state index in [9.17, 15) is 34.5 Å². The number of Topliss-reactive ketones (excluding diaryl/α,β-unsaturated/α-hetero) is 2. The number of fused-ring (bicyclic) bond motifs is 12. The minimum Gasteiger partial charge on any atom is -0.444 e. The van der Waals surface area contributed by atoms with Gasteiger partial charge in [0, 0.05) is 192 Å². The molecule has 9 aromatic rings. The molecule has 6 spiro atoms. The summed E-state index contributed by atoms with van der Waals surface area (Å²) in [7, 11) is 2.18. The average molecular weight is 2150 g/mol. The molecule has 2 amide bonds. The van der Waals surface area contributed by atoms with Gasteiger partial charge >= 0.3 is 12.2 Å². The second-order valence-electron chi connectivity index (χ2n) is 41.1. The predicted octanol–water partition coefficient (Wildman–Crippen LogP) is 25.3. The number of nitrogens with zero attached hydrogens (tertiary/aromatic N) is 8. The van der Waals surface area contributed by atoms with Crippen molar-refractivity contribution in [2.45, 2.75) is 261 Å². The molecule has 29 heteroatoms. The van der Waals surface area contributed by atoms with Crippen molar-refractivity contribution in [3.05, 3.63) is 307 Å². The summed E-state index contributed by atoms with van der Waals surface area (Å²) in [6.45, 7) is 28.3. The smallest absolute Gasteiger partial charge is 0.410 e. The van der Waals surface area contributed by atoms with Crippen molar-refractivity contribution in [3.8, 4) is 6.07 Å². The monoisotopic (exact) mass is 2150 g/mol. The number of carbonyl (C=O) groups is 4. The largest absolute Gasteiger partial charge is 0.444 e. The molecule has 796 valence electrons. The number of aliphatic hydroxyl groups is 1. The third kappa shape index (κ3) is 32.0. The molecule has 0 unspecified atom stereocenters. The first-order chi connectivity index (χ1) is 68.6. The van der Waals surface area contributed by atoms with Crippen molar-refractivity contribution in [1.82, 2.24) is 24.5 Å². The number of likely N-dealkylation sites (tertiary alicyclic amines) is 5. The van der Waals surface area contributed by atoms with Crippen molar-refractivity contribution in [2.24, 2.45) is 11.1 Å². The molecule has 9 N–H and O–H groups in total. The van der Waals surface area contributed by atoms with Gasteiger partial charge in [0.25, 0.3) is 5.69 Å². The van der Waals surface area contributed by atoms with Gasteiger partial charge in [-0.2, -0.15) is 5.26 Å². The summed E-state index contributed by atoms with van der Waals surface area (Å²) < 4.78 is 10.9. The number of ether oxygens (including phenoxy) is 2. The topological polar surface area (TPSA) is 334 Å². The summed E-state index contributed by atoms with van der Waals surface area (Å²) in [6, 6.07) is 81.5. The average Bonchev–Trinajstić information content (AvgIpc) is 1.57. The van der Waals surface area contributed by atoms with Crippen LogP contribution in [0, 0.1) is 21.4 Å². The van der Waals surface area contributed by atoms with Gasteiger partial charge in [-0.15, -0.1) is 35.6 Å². The number of nitrogens with one attached hydrogen (secondary N) is 3. The number of anilines is 3. The van der Waals surface area contributed by atoms with E-state index in [0.717, 1.165) is 170 Å². The van der Waals surface area contributed by atoms with E-state index in [1.54, 1.807) is 39.1 Å². The van der Waals surface area contributed by atoms with Crippen LogP contribution in [0.15, 0.2) is 236 Å². The Morgan fingerprint density at radius 1 is 0.438 bits per heavy atom. The Balaban J connectivity index is 0.000000231. The number of rotatable bonds is 7. The fourth-order valence-corrected chi connectivity index (χ4v) is 23.3. The van der Waals surface area contributed by atoms with E-state index < -0.39 is 11.2 Å². The fraction of sp³-hybridized carbons (Fsp3) is 0.487. The Bertz CT molecular complexity index is 5580. The molecule has 0 atom stereocenters. The number of alkyl halides is 2. The van der Waals surface area contributed by atoms with Crippen LogP contribution in [0.1, 0.15) is 275 Å². The zero-order valence-electron chi connectivity index (χ0n) is 85.4. The first kappa shape index (κ1) is 123. The number of nitriles is 1. The second-order valence-corrected chi connectivity index (χ2v) is 41.9. The molecule has 146 heavy (non-hydrogen) atoms. The number of hydrogen-bond donors (Lipinski definition) is 8. The first-order valence-corrected chi connectivity index (χ1v) is 51.5. The standard InChI is InChI=1S/C20H22N2O.C20H24N2.C20H21NO.C18H25N3O4.C18H23NO3.C14H19N.C2H3N.CH2Cl2.CH4O2.CH4O.2CH4.ClH.H3NO.Pd/c23-21-19-14-20(18-9-5-4-8-17(18)19)10-12-22(13-11-20)15-16-6-2-1-3-7-16;1-2-6-17(7-3-1)16-22-14-11-20(12-15-22)10-13-21-19-9-5-4-8-18(19)20;22-19-14-20(18-9-5-4-8-17(18)19)10-12-21(13-11-20)15-16-6-2-1-3-7-16;1-17(2,3)25-16(22)20-10-7-18(8-11-20)6-9-19-15-12-13(21(23)24)4-5-14(15)18;1-17(2,3)22-16(21)19-10-8-18(9-11-19)12-15(20)13-6-4-5-7-14(13)18;1-4-8-14(9-5-1)10-11-15-13-7-3-2-6-12(13)14;1-2-3;2-1-3;1-3-2;1-2;;;;1-2;/h1-9,23H,10-15H2;1-9,21H,10-16H2;1-9H,10-15H2;4-5,12,19H,6-11H2,1-3H3;4-7H,8-12H2,1-3H3;2-3,6-7,15H,1,4-5,8-11H2;1H3;1H2;2H,1H3;2H,1H3;2*1H4;1H;2H,1H2;/b21-19-;;;;;;;;;;;;;;. The van der Waals surface area contributed by atoms with Crippen LogP contribution in [0.4, 0.5) is 32.3 Å². The maximum absolute atomic E-state index is 12.3. The number of non-ortho nitro benzene ring substituents is 1. The molecule has 25 nitrogen and oxygen atoms in total. The quantitative estimate of drug-likeness (QED) is 0.0183. The first-order valence-electron chi connectivity index (χ1n) is 50.4. The summed E-state index contributed by atoms with van der Waals surface area (Å²) in [5.41, 5.74) is 20.1. The van der Waals surface area contributed by atoms with Crippen LogP contribution < -0.4 is 21.8 Å². The third-order valence-corrected chi connectivity index (χ3v) is 30.3. The summed E-state index contributed by atoms with van der Waals surface area (Å²) in [5.74, 6) is 4.08. The minimum atomic E-state index is -0.494. The number of ketones is 2. The van der Waals surface area contributed by atoms with Gasteiger partial charge in [-0.1, -0.05) is 239 Å². The number of oxime groups is 1. The summed E-state index contributed by atoms with van der Waals surface area (Å²) >= 11 is 9.53. The van der Waals surface area contributed by atoms with Crippen LogP contribution in [0.3, 0.4) is 0 Å². The van der Waals surface area contributed by atoms with E-state index in [1.165, 1.54) is 130 Å². The summed E-state index contributed by atoms with van der Waals surface area (Å²) in [4.78, 5) is 74.1. The number of amides is 2.